The van der Waals surface area contributed by atoms with Crippen LogP contribution in [-0.2, 0) is 0 Å². The molecule has 2 rings (SSSR count). The van der Waals surface area contributed by atoms with Crippen LogP contribution < -0.4 is 5.32 Å². The van der Waals surface area contributed by atoms with Crippen molar-refractivity contribution in [1.29, 1.82) is 0 Å². The smallest absolute Gasteiger partial charge is 0.123 e. The summed E-state index contributed by atoms with van der Waals surface area (Å²) in [6.07, 6.45) is 7.98. The zero-order valence-corrected chi connectivity index (χ0v) is 8.96. The monoisotopic (exact) mass is 205 g/mol. The molecule has 0 fully saturated rings. The Bertz CT molecular complexity index is 371. The molecule has 1 aliphatic carbocycles. The minimum absolute atomic E-state index is 0.169. The first-order valence-corrected chi connectivity index (χ1v) is 5.45. The van der Waals surface area contributed by atoms with E-state index in [1.807, 2.05) is 13.0 Å². The van der Waals surface area contributed by atoms with E-state index >= 15 is 0 Å². The Labute approximate surface area is 90.0 Å². The highest BCUT2D eigenvalue weighted by atomic mass is 19.1. The molecule has 1 atom stereocenters. The molecule has 1 aliphatic rings. The number of allylic oxidation sites excluding steroid dienone is 1. The van der Waals surface area contributed by atoms with Crippen molar-refractivity contribution in [2.24, 2.45) is 0 Å². The SMILES string of the molecule is Cc1cc(F)ccc1NC1C=CCCC1. The van der Waals surface area contributed by atoms with Crippen molar-refractivity contribution in [3.63, 3.8) is 0 Å². The van der Waals surface area contributed by atoms with Crippen LogP contribution in [0.15, 0.2) is 30.4 Å². The molecule has 0 radical (unpaired) electrons. The molecular formula is C13H16FN. The molecule has 1 aromatic carbocycles. The van der Waals surface area contributed by atoms with E-state index in [1.54, 1.807) is 6.07 Å². The number of hydrogen-bond donors (Lipinski definition) is 1. The lowest BCUT2D eigenvalue weighted by Crippen LogP contribution is -2.19. The lowest BCUT2D eigenvalue weighted by atomic mass is 10.0. The largest absolute Gasteiger partial charge is 0.379 e. The van der Waals surface area contributed by atoms with Crippen LogP contribution in [0, 0.1) is 12.7 Å². The number of anilines is 1. The summed E-state index contributed by atoms with van der Waals surface area (Å²) < 4.78 is 12.9. The van der Waals surface area contributed by atoms with E-state index in [4.69, 9.17) is 0 Å². The van der Waals surface area contributed by atoms with E-state index in [-0.39, 0.29) is 5.82 Å². The van der Waals surface area contributed by atoms with Crippen molar-refractivity contribution < 1.29 is 4.39 Å². The lowest BCUT2D eigenvalue weighted by Gasteiger charge is -2.20. The molecule has 0 amide bonds. The quantitative estimate of drug-likeness (QED) is 0.726. The van der Waals surface area contributed by atoms with Gasteiger partial charge in [-0.05, 0) is 49.9 Å². The van der Waals surface area contributed by atoms with Gasteiger partial charge in [0.15, 0.2) is 0 Å². The van der Waals surface area contributed by atoms with E-state index in [9.17, 15) is 4.39 Å². The van der Waals surface area contributed by atoms with Gasteiger partial charge in [-0.15, -0.1) is 0 Å². The molecule has 2 heteroatoms. The first kappa shape index (κ1) is 10.2. The molecule has 0 spiro atoms. The third-order valence-electron chi connectivity index (χ3n) is 2.78. The van der Waals surface area contributed by atoms with Crippen molar-refractivity contribution in [3.8, 4) is 0 Å². The molecule has 0 heterocycles. The Hall–Kier alpha value is -1.31. The maximum atomic E-state index is 12.9. The average molecular weight is 205 g/mol. The highest BCUT2D eigenvalue weighted by molar-refractivity contribution is 5.52. The summed E-state index contributed by atoms with van der Waals surface area (Å²) in [5, 5.41) is 3.42. The van der Waals surface area contributed by atoms with Gasteiger partial charge in [-0.3, -0.25) is 0 Å². The second-order valence-electron chi connectivity index (χ2n) is 4.07. The zero-order valence-electron chi connectivity index (χ0n) is 8.96. The summed E-state index contributed by atoms with van der Waals surface area (Å²) in [4.78, 5) is 0. The fourth-order valence-electron chi connectivity index (χ4n) is 1.92. The van der Waals surface area contributed by atoms with Gasteiger partial charge in [0.25, 0.3) is 0 Å². The second-order valence-corrected chi connectivity index (χ2v) is 4.07. The number of benzene rings is 1. The number of rotatable bonds is 2. The van der Waals surface area contributed by atoms with Gasteiger partial charge in [0.05, 0.1) is 0 Å². The van der Waals surface area contributed by atoms with Gasteiger partial charge in [0.2, 0.25) is 0 Å². The highest BCUT2D eigenvalue weighted by Gasteiger charge is 2.09. The predicted molar refractivity (Wildman–Crippen MR) is 61.5 cm³/mol. The average Bonchev–Trinajstić information content (AvgIpc) is 2.24. The van der Waals surface area contributed by atoms with Crippen molar-refractivity contribution in [2.75, 3.05) is 5.32 Å². The molecule has 1 unspecified atom stereocenters. The Balaban J connectivity index is 2.09. The summed E-state index contributed by atoms with van der Waals surface area (Å²) in [5.74, 6) is -0.169. The molecule has 0 saturated carbocycles. The van der Waals surface area contributed by atoms with Crippen LogP contribution in [0.4, 0.5) is 10.1 Å². The van der Waals surface area contributed by atoms with Gasteiger partial charge >= 0.3 is 0 Å². The van der Waals surface area contributed by atoms with Crippen LogP contribution >= 0.6 is 0 Å². The molecule has 15 heavy (non-hydrogen) atoms. The van der Waals surface area contributed by atoms with Gasteiger partial charge in [0.1, 0.15) is 5.82 Å². The van der Waals surface area contributed by atoms with Crippen LogP contribution in [-0.4, -0.2) is 6.04 Å². The molecule has 0 aliphatic heterocycles. The molecule has 0 bridgehead atoms. The second kappa shape index (κ2) is 4.47. The lowest BCUT2D eigenvalue weighted by molar-refractivity contribution is 0.626. The maximum Gasteiger partial charge on any atom is 0.123 e. The van der Waals surface area contributed by atoms with Crippen LogP contribution in [0.2, 0.25) is 0 Å². The van der Waals surface area contributed by atoms with Crippen LogP contribution in [0.3, 0.4) is 0 Å². The molecule has 1 nitrogen and oxygen atoms in total. The van der Waals surface area contributed by atoms with Gasteiger partial charge in [-0.2, -0.15) is 0 Å². The summed E-state index contributed by atoms with van der Waals surface area (Å²) >= 11 is 0. The van der Waals surface area contributed by atoms with Crippen molar-refractivity contribution in [3.05, 3.63) is 41.7 Å². The highest BCUT2D eigenvalue weighted by Crippen LogP contribution is 2.20. The van der Waals surface area contributed by atoms with Gasteiger partial charge in [-0.1, -0.05) is 12.2 Å². The van der Waals surface area contributed by atoms with E-state index in [0.717, 1.165) is 17.7 Å². The molecule has 1 aromatic rings. The molecule has 0 saturated heterocycles. The standard InChI is InChI=1S/C13H16FN/c1-10-9-11(14)7-8-13(10)15-12-5-3-2-4-6-12/h3,5,7-9,12,15H,2,4,6H2,1H3. The van der Waals surface area contributed by atoms with Crippen molar-refractivity contribution >= 4 is 5.69 Å². The maximum absolute atomic E-state index is 12.9. The zero-order chi connectivity index (χ0) is 10.7. The van der Waals surface area contributed by atoms with E-state index in [1.165, 1.54) is 18.9 Å². The normalized spacial score (nSPS) is 20.3. The number of halogens is 1. The Morgan fingerprint density at radius 1 is 1.40 bits per heavy atom. The third-order valence-corrected chi connectivity index (χ3v) is 2.78. The third kappa shape index (κ3) is 2.58. The van der Waals surface area contributed by atoms with Crippen molar-refractivity contribution in [1.82, 2.24) is 0 Å². The number of aryl methyl sites for hydroxylation is 1. The molecule has 0 aromatic heterocycles. The number of nitrogens with one attached hydrogen (secondary N) is 1. The summed E-state index contributed by atoms with van der Waals surface area (Å²) in [7, 11) is 0. The molecule has 80 valence electrons. The van der Waals surface area contributed by atoms with E-state index in [2.05, 4.69) is 17.5 Å². The summed E-state index contributed by atoms with van der Waals surface area (Å²) in [6, 6.07) is 5.28. The van der Waals surface area contributed by atoms with Crippen LogP contribution in [0.1, 0.15) is 24.8 Å². The Morgan fingerprint density at radius 2 is 2.27 bits per heavy atom. The van der Waals surface area contributed by atoms with Gasteiger partial charge in [0, 0.05) is 11.7 Å². The summed E-state index contributed by atoms with van der Waals surface area (Å²) in [5.41, 5.74) is 2.00. The number of hydrogen-bond acceptors (Lipinski definition) is 1. The topological polar surface area (TPSA) is 12.0 Å². The van der Waals surface area contributed by atoms with Crippen LogP contribution in [0.25, 0.3) is 0 Å². The predicted octanol–water partition coefficient (Wildman–Crippen LogP) is 3.65. The first-order chi connectivity index (χ1) is 7.25. The fourth-order valence-corrected chi connectivity index (χ4v) is 1.92. The van der Waals surface area contributed by atoms with Gasteiger partial charge < -0.3 is 5.32 Å². The molecule has 1 N–H and O–H groups in total. The Morgan fingerprint density at radius 3 is 2.93 bits per heavy atom. The van der Waals surface area contributed by atoms with Crippen molar-refractivity contribution in [2.45, 2.75) is 32.2 Å². The Kier molecular flexibility index (Phi) is 3.05. The van der Waals surface area contributed by atoms with E-state index < -0.39 is 0 Å². The van der Waals surface area contributed by atoms with E-state index in [0.29, 0.717) is 6.04 Å². The van der Waals surface area contributed by atoms with Gasteiger partial charge in [-0.25, -0.2) is 4.39 Å². The minimum Gasteiger partial charge on any atom is -0.379 e. The summed E-state index contributed by atoms with van der Waals surface area (Å²) in [6.45, 7) is 1.93. The molecular weight excluding hydrogens is 189 g/mol. The first-order valence-electron chi connectivity index (χ1n) is 5.45. The fraction of sp³-hybridized carbons (Fsp3) is 0.385. The minimum atomic E-state index is -0.169. The van der Waals surface area contributed by atoms with Crippen LogP contribution in [0.5, 0.6) is 0 Å².